The lowest BCUT2D eigenvalue weighted by atomic mass is 9.97. The molecular formula is C15H16F3NO3. The Balaban J connectivity index is 2.29. The molecule has 4 nitrogen and oxygen atoms in total. The highest BCUT2D eigenvalue weighted by Crippen LogP contribution is 2.28. The molecule has 0 saturated heterocycles. The second-order valence-corrected chi connectivity index (χ2v) is 5.17. The first kappa shape index (κ1) is 16.3. The van der Waals surface area contributed by atoms with E-state index in [9.17, 15) is 22.8 Å². The maximum absolute atomic E-state index is 12.5. The zero-order chi connectivity index (χ0) is 16.5. The zero-order valence-electron chi connectivity index (χ0n) is 12.3. The lowest BCUT2D eigenvalue weighted by Gasteiger charge is -2.21. The van der Waals surface area contributed by atoms with E-state index in [1.807, 2.05) is 0 Å². The van der Waals surface area contributed by atoms with Gasteiger partial charge >= 0.3 is 12.1 Å². The maximum Gasteiger partial charge on any atom is 0.471 e. The Kier molecular flexibility index (Phi) is 4.44. The van der Waals surface area contributed by atoms with E-state index < -0.39 is 12.1 Å². The van der Waals surface area contributed by atoms with Gasteiger partial charge in [-0.3, -0.25) is 9.59 Å². The molecule has 0 bridgehead atoms. The number of rotatable bonds is 2. The molecule has 2 rings (SSSR count). The average molecular weight is 315 g/mol. The summed E-state index contributed by atoms with van der Waals surface area (Å²) in [5, 5.41) is 0. The van der Waals surface area contributed by atoms with Gasteiger partial charge in [-0.15, -0.1) is 0 Å². The van der Waals surface area contributed by atoms with Gasteiger partial charge in [0.1, 0.15) is 5.75 Å². The quantitative estimate of drug-likeness (QED) is 0.787. The van der Waals surface area contributed by atoms with Crippen LogP contribution < -0.4 is 4.74 Å². The lowest BCUT2D eigenvalue weighted by Crippen LogP contribution is -2.42. The number of nitrogens with zero attached hydrogens (tertiary/aromatic N) is 1. The molecular weight excluding hydrogens is 299 g/mol. The molecule has 22 heavy (non-hydrogen) atoms. The van der Waals surface area contributed by atoms with Crippen LogP contribution in [0, 0.1) is 0 Å². The zero-order valence-corrected chi connectivity index (χ0v) is 12.3. The van der Waals surface area contributed by atoms with Crippen LogP contribution in [0.2, 0.25) is 0 Å². The van der Waals surface area contributed by atoms with Crippen molar-refractivity contribution in [2.75, 3.05) is 20.2 Å². The second kappa shape index (κ2) is 5.98. The van der Waals surface area contributed by atoms with Crippen LogP contribution in [0.1, 0.15) is 28.4 Å². The number of Topliss-reactive ketones (excluding diaryl/α,β-unsaturated/α-hetero) is 1. The molecule has 0 unspecified atom stereocenters. The summed E-state index contributed by atoms with van der Waals surface area (Å²) in [5.41, 5.74) is 1.99. The van der Waals surface area contributed by atoms with Gasteiger partial charge in [0.05, 0.1) is 12.7 Å². The van der Waals surface area contributed by atoms with Crippen LogP contribution in [-0.4, -0.2) is 43.0 Å². The second-order valence-electron chi connectivity index (χ2n) is 5.17. The molecule has 1 aliphatic heterocycles. The predicted molar refractivity (Wildman–Crippen MR) is 73.0 cm³/mol. The Morgan fingerprint density at radius 3 is 2.14 bits per heavy atom. The molecule has 0 fully saturated rings. The fourth-order valence-electron chi connectivity index (χ4n) is 2.58. The van der Waals surface area contributed by atoms with Crippen molar-refractivity contribution in [3.05, 3.63) is 28.8 Å². The number of alkyl halides is 3. The smallest absolute Gasteiger partial charge is 0.471 e. The van der Waals surface area contributed by atoms with Crippen molar-refractivity contribution in [3.8, 4) is 5.75 Å². The van der Waals surface area contributed by atoms with E-state index in [-0.39, 0.29) is 25.3 Å². The highest BCUT2D eigenvalue weighted by atomic mass is 19.4. The SMILES string of the molecule is COc1cc2c(cc1C(C)=O)CCN(C(=O)C(F)(F)F)CC2. The number of ketones is 1. The Hall–Kier alpha value is -2.05. The van der Waals surface area contributed by atoms with Crippen LogP contribution in [0.4, 0.5) is 13.2 Å². The molecule has 1 aromatic rings. The van der Waals surface area contributed by atoms with Crippen LogP contribution in [0.3, 0.4) is 0 Å². The van der Waals surface area contributed by atoms with Gasteiger partial charge in [0.2, 0.25) is 0 Å². The highest BCUT2D eigenvalue weighted by molar-refractivity contribution is 5.97. The Morgan fingerprint density at radius 2 is 1.68 bits per heavy atom. The van der Waals surface area contributed by atoms with E-state index in [4.69, 9.17) is 4.74 Å². The van der Waals surface area contributed by atoms with Gasteiger partial charge in [0, 0.05) is 13.1 Å². The Bertz CT molecular complexity index is 611. The number of amides is 1. The molecule has 1 aromatic carbocycles. The number of methoxy groups -OCH3 is 1. The molecule has 1 heterocycles. The molecule has 0 radical (unpaired) electrons. The Labute approximate surface area is 125 Å². The van der Waals surface area contributed by atoms with Crippen molar-refractivity contribution in [3.63, 3.8) is 0 Å². The first-order valence-corrected chi connectivity index (χ1v) is 6.81. The average Bonchev–Trinajstić information content (AvgIpc) is 2.65. The number of hydrogen-bond acceptors (Lipinski definition) is 3. The van der Waals surface area contributed by atoms with Crippen molar-refractivity contribution >= 4 is 11.7 Å². The molecule has 1 amide bonds. The third-order valence-corrected chi connectivity index (χ3v) is 3.73. The summed E-state index contributed by atoms with van der Waals surface area (Å²) in [7, 11) is 1.43. The fourth-order valence-corrected chi connectivity index (χ4v) is 2.58. The van der Waals surface area contributed by atoms with Crippen LogP contribution in [0.5, 0.6) is 5.75 Å². The van der Waals surface area contributed by atoms with Crippen molar-refractivity contribution in [2.45, 2.75) is 25.9 Å². The van der Waals surface area contributed by atoms with Crippen molar-refractivity contribution in [1.29, 1.82) is 0 Å². The molecule has 7 heteroatoms. The van der Waals surface area contributed by atoms with Gasteiger partial charge < -0.3 is 9.64 Å². The topological polar surface area (TPSA) is 46.6 Å². The van der Waals surface area contributed by atoms with Crippen molar-refractivity contribution in [1.82, 2.24) is 4.90 Å². The first-order valence-electron chi connectivity index (χ1n) is 6.81. The van der Waals surface area contributed by atoms with E-state index in [2.05, 4.69) is 0 Å². The molecule has 0 spiro atoms. The van der Waals surface area contributed by atoms with Crippen LogP contribution >= 0.6 is 0 Å². The third kappa shape index (κ3) is 3.23. The summed E-state index contributed by atoms with van der Waals surface area (Å²) in [4.78, 5) is 23.8. The number of carbonyl (C=O) groups is 2. The number of carbonyl (C=O) groups excluding carboxylic acids is 2. The normalized spacial score (nSPS) is 15.0. The number of benzene rings is 1. The van der Waals surface area contributed by atoms with Gasteiger partial charge in [0.25, 0.3) is 0 Å². The van der Waals surface area contributed by atoms with E-state index in [0.717, 1.165) is 16.0 Å². The van der Waals surface area contributed by atoms with Gasteiger partial charge in [-0.25, -0.2) is 0 Å². The number of hydrogen-bond donors (Lipinski definition) is 0. The van der Waals surface area contributed by atoms with E-state index in [1.165, 1.54) is 14.0 Å². The summed E-state index contributed by atoms with van der Waals surface area (Å²) in [6, 6.07) is 3.33. The van der Waals surface area contributed by atoms with Gasteiger partial charge in [-0.1, -0.05) is 0 Å². The van der Waals surface area contributed by atoms with Gasteiger partial charge in [-0.2, -0.15) is 13.2 Å². The van der Waals surface area contributed by atoms with Crippen LogP contribution in [0.25, 0.3) is 0 Å². The first-order chi connectivity index (χ1) is 10.2. The largest absolute Gasteiger partial charge is 0.496 e. The minimum atomic E-state index is -4.86. The molecule has 0 saturated carbocycles. The van der Waals surface area contributed by atoms with Crippen molar-refractivity contribution in [2.24, 2.45) is 0 Å². The predicted octanol–water partition coefficient (Wildman–Crippen LogP) is 2.39. The molecule has 1 aliphatic rings. The van der Waals surface area contributed by atoms with Crippen LogP contribution in [0.15, 0.2) is 12.1 Å². The molecule has 0 atom stereocenters. The number of halogens is 3. The number of fused-ring (bicyclic) bond motifs is 1. The lowest BCUT2D eigenvalue weighted by molar-refractivity contribution is -0.185. The minimum absolute atomic E-state index is 0.00604. The summed E-state index contributed by atoms with van der Waals surface area (Å²) >= 11 is 0. The van der Waals surface area contributed by atoms with Crippen LogP contribution in [-0.2, 0) is 17.6 Å². The minimum Gasteiger partial charge on any atom is -0.496 e. The molecule has 0 aromatic heterocycles. The summed E-state index contributed by atoms with van der Waals surface area (Å²) in [6.45, 7) is 1.38. The summed E-state index contributed by atoms with van der Waals surface area (Å²) in [6.07, 6.45) is -4.29. The summed E-state index contributed by atoms with van der Waals surface area (Å²) < 4.78 is 42.7. The van der Waals surface area contributed by atoms with Gasteiger partial charge in [0.15, 0.2) is 5.78 Å². The molecule has 0 N–H and O–H groups in total. The van der Waals surface area contributed by atoms with Crippen molar-refractivity contribution < 1.29 is 27.5 Å². The van der Waals surface area contributed by atoms with E-state index in [1.54, 1.807) is 12.1 Å². The molecule has 0 aliphatic carbocycles. The Morgan fingerprint density at radius 1 is 1.14 bits per heavy atom. The molecule has 120 valence electrons. The monoisotopic (exact) mass is 315 g/mol. The number of ether oxygens (including phenoxy) is 1. The van der Waals surface area contributed by atoms with E-state index >= 15 is 0 Å². The maximum atomic E-state index is 12.5. The highest BCUT2D eigenvalue weighted by Gasteiger charge is 2.42. The standard InChI is InChI=1S/C15H16F3NO3/c1-9(20)12-7-10-3-5-19(14(21)15(16,17)18)6-4-11(10)8-13(12)22-2/h7-8H,3-6H2,1-2H3. The van der Waals surface area contributed by atoms with Gasteiger partial charge in [-0.05, 0) is 43.0 Å². The summed E-state index contributed by atoms with van der Waals surface area (Å²) in [5.74, 6) is -1.59. The fraction of sp³-hybridized carbons (Fsp3) is 0.467. The van der Waals surface area contributed by atoms with E-state index in [0.29, 0.717) is 17.7 Å². The third-order valence-electron chi connectivity index (χ3n) is 3.73.